The molecule has 0 unspecified atom stereocenters. The normalized spacial score (nSPS) is 17.0. The topological polar surface area (TPSA) is 12.0 Å². The minimum absolute atomic E-state index is 0.106. The minimum Gasteiger partial charge on any atom is -0.381 e. The Hall–Kier alpha value is -0.710. The number of alkyl halides is 3. The molecule has 1 aliphatic rings. The Morgan fingerprint density at radius 3 is 2.44 bits per heavy atom. The van der Waals surface area contributed by atoms with E-state index < -0.39 is 11.7 Å². The van der Waals surface area contributed by atoms with Crippen molar-refractivity contribution in [2.75, 3.05) is 5.32 Å². The van der Waals surface area contributed by atoms with Crippen molar-refractivity contribution < 1.29 is 13.2 Å². The fraction of sp³-hybridized carbons (Fsp3) is 0.455. The van der Waals surface area contributed by atoms with Crippen molar-refractivity contribution >= 4 is 21.6 Å². The Kier molecular flexibility index (Phi) is 3.15. The van der Waals surface area contributed by atoms with Crippen LogP contribution in [0, 0.1) is 0 Å². The molecular formula is C11H11BrF3N. The van der Waals surface area contributed by atoms with E-state index in [1.807, 2.05) is 0 Å². The Morgan fingerprint density at radius 2 is 1.94 bits per heavy atom. The van der Waals surface area contributed by atoms with Gasteiger partial charge in [0.05, 0.1) is 10.0 Å². The first-order valence-corrected chi connectivity index (χ1v) is 5.90. The van der Waals surface area contributed by atoms with Gasteiger partial charge in [-0.2, -0.15) is 13.2 Å². The van der Waals surface area contributed by atoms with E-state index in [1.165, 1.54) is 6.07 Å². The van der Waals surface area contributed by atoms with Gasteiger partial charge in [-0.3, -0.25) is 0 Å². The molecule has 16 heavy (non-hydrogen) atoms. The van der Waals surface area contributed by atoms with Crippen LogP contribution in [0.1, 0.15) is 24.8 Å². The first-order chi connectivity index (χ1) is 7.48. The van der Waals surface area contributed by atoms with Crippen molar-refractivity contribution in [3.63, 3.8) is 0 Å². The van der Waals surface area contributed by atoms with Gasteiger partial charge in [0.15, 0.2) is 0 Å². The Morgan fingerprint density at radius 1 is 1.25 bits per heavy atom. The maximum atomic E-state index is 12.6. The van der Waals surface area contributed by atoms with Crippen LogP contribution in [0.4, 0.5) is 18.9 Å². The third kappa shape index (κ3) is 2.34. The zero-order valence-corrected chi connectivity index (χ0v) is 10.0. The summed E-state index contributed by atoms with van der Waals surface area (Å²) >= 11 is 3.02. The predicted molar refractivity (Wildman–Crippen MR) is 60.4 cm³/mol. The number of anilines is 1. The molecule has 0 aliphatic heterocycles. The van der Waals surface area contributed by atoms with Crippen LogP contribution in [0.5, 0.6) is 0 Å². The van der Waals surface area contributed by atoms with Gasteiger partial charge in [0.2, 0.25) is 0 Å². The summed E-state index contributed by atoms with van der Waals surface area (Å²) in [6, 6.07) is 4.49. The lowest BCUT2D eigenvalue weighted by molar-refractivity contribution is -0.138. The van der Waals surface area contributed by atoms with E-state index in [9.17, 15) is 13.2 Å². The van der Waals surface area contributed by atoms with Crippen LogP contribution in [-0.4, -0.2) is 6.04 Å². The molecule has 0 atom stereocenters. The van der Waals surface area contributed by atoms with Gasteiger partial charge in [-0.15, -0.1) is 0 Å². The van der Waals surface area contributed by atoms with Crippen LogP contribution in [0.25, 0.3) is 0 Å². The molecule has 1 saturated carbocycles. The van der Waals surface area contributed by atoms with E-state index in [2.05, 4.69) is 21.2 Å². The third-order valence-electron chi connectivity index (χ3n) is 2.77. The standard InChI is InChI=1S/C11H11BrF3N/c12-10-8(11(13,14)15)5-2-6-9(10)16-7-3-1-4-7/h2,5-7,16H,1,3-4H2. The summed E-state index contributed by atoms with van der Waals surface area (Å²) < 4.78 is 37.9. The Balaban J connectivity index is 2.25. The average molecular weight is 294 g/mol. The zero-order valence-electron chi connectivity index (χ0n) is 8.44. The molecule has 0 saturated heterocycles. The molecule has 0 spiro atoms. The quantitative estimate of drug-likeness (QED) is 0.850. The van der Waals surface area contributed by atoms with Gasteiger partial charge in [-0.05, 0) is 47.3 Å². The van der Waals surface area contributed by atoms with Crippen LogP contribution >= 0.6 is 15.9 Å². The highest BCUT2D eigenvalue weighted by Gasteiger charge is 2.34. The van der Waals surface area contributed by atoms with E-state index in [0.29, 0.717) is 11.7 Å². The second-order valence-electron chi connectivity index (χ2n) is 3.94. The summed E-state index contributed by atoms with van der Waals surface area (Å²) in [5.74, 6) is 0. The summed E-state index contributed by atoms with van der Waals surface area (Å²) in [6.45, 7) is 0. The predicted octanol–water partition coefficient (Wildman–Crippen LogP) is 4.43. The van der Waals surface area contributed by atoms with Crippen molar-refractivity contribution in [3.05, 3.63) is 28.2 Å². The minimum atomic E-state index is -4.31. The van der Waals surface area contributed by atoms with Crippen molar-refractivity contribution in [2.24, 2.45) is 0 Å². The van der Waals surface area contributed by atoms with E-state index in [0.717, 1.165) is 25.3 Å². The average Bonchev–Trinajstić information content (AvgIpc) is 2.11. The molecule has 0 bridgehead atoms. The summed E-state index contributed by atoms with van der Waals surface area (Å²) in [5, 5.41) is 3.11. The fourth-order valence-electron chi connectivity index (χ4n) is 1.63. The van der Waals surface area contributed by atoms with Crippen LogP contribution < -0.4 is 5.32 Å². The Bertz CT molecular complexity index is 385. The van der Waals surface area contributed by atoms with Crippen LogP contribution in [0.2, 0.25) is 0 Å². The van der Waals surface area contributed by atoms with Gasteiger partial charge in [0.1, 0.15) is 0 Å². The van der Waals surface area contributed by atoms with E-state index in [1.54, 1.807) is 6.07 Å². The SMILES string of the molecule is FC(F)(F)c1cccc(NC2CCC2)c1Br. The summed E-state index contributed by atoms with van der Waals surface area (Å²) in [6.07, 6.45) is -1.10. The lowest BCUT2D eigenvalue weighted by atomic mass is 9.93. The summed E-state index contributed by atoms with van der Waals surface area (Å²) in [5.41, 5.74) is -0.101. The third-order valence-corrected chi connectivity index (χ3v) is 3.62. The maximum absolute atomic E-state index is 12.6. The molecule has 1 nitrogen and oxygen atoms in total. The number of benzene rings is 1. The number of nitrogens with one attached hydrogen (secondary N) is 1. The number of rotatable bonds is 2. The van der Waals surface area contributed by atoms with E-state index >= 15 is 0 Å². The molecule has 88 valence electrons. The van der Waals surface area contributed by atoms with Crippen molar-refractivity contribution in [3.8, 4) is 0 Å². The van der Waals surface area contributed by atoms with Crippen LogP contribution in [0.3, 0.4) is 0 Å². The lowest BCUT2D eigenvalue weighted by Crippen LogP contribution is -2.27. The summed E-state index contributed by atoms with van der Waals surface area (Å²) in [7, 11) is 0. The second-order valence-corrected chi connectivity index (χ2v) is 4.73. The molecule has 1 fully saturated rings. The molecule has 1 aromatic rings. The van der Waals surface area contributed by atoms with Gasteiger partial charge in [-0.25, -0.2) is 0 Å². The largest absolute Gasteiger partial charge is 0.417 e. The molecular weight excluding hydrogens is 283 g/mol. The molecule has 5 heteroatoms. The highest BCUT2D eigenvalue weighted by molar-refractivity contribution is 9.10. The number of hydrogen-bond acceptors (Lipinski definition) is 1. The van der Waals surface area contributed by atoms with E-state index in [-0.39, 0.29) is 4.47 Å². The first kappa shape index (κ1) is 11.8. The van der Waals surface area contributed by atoms with Crippen molar-refractivity contribution in [1.82, 2.24) is 0 Å². The first-order valence-electron chi connectivity index (χ1n) is 5.11. The molecule has 0 amide bonds. The smallest absolute Gasteiger partial charge is 0.381 e. The van der Waals surface area contributed by atoms with Gasteiger partial charge in [-0.1, -0.05) is 6.07 Å². The van der Waals surface area contributed by atoms with Gasteiger partial charge >= 0.3 is 6.18 Å². The molecule has 0 aromatic heterocycles. The number of halogens is 4. The molecule has 2 rings (SSSR count). The van der Waals surface area contributed by atoms with Crippen molar-refractivity contribution in [1.29, 1.82) is 0 Å². The molecule has 0 heterocycles. The number of hydrogen-bond donors (Lipinski definition) is 1. The highest BCUT2D eigenvalue weighted by Crippen LogP contribution is 2.39. The monoisotopic (exact) mass is 293 g/mol. The molecule has 0 radical (unpaired) electrons. The summed E-state index contributed by atoms with van der Waals surface area (Å²) in [4.78, 5) is 0. The van der Waals surface area contributed by atoms with Gasteiger partial charge in [0.25, 0.3) is 0 Å². The maximum Gasteiger partial charge on any atom is 0.417 e. The van der Waals surface area contributed by atoms with Crippen LogP contribution in [0.15, 0.2) is 22.7 Å². The van der Waals surface area contributed by atoms with Crippen LogP contribution in [-0.2, 0) is 6.18 Å². The fourth-order valence-corrected chi connectivity index (χ4v) is 2.24. The zero-order chi connectivity index (χ0) is 11.8. The molecule has 1 aliphatic carbocycles. The molecule has 1 N–H and O–H groups in total. The second kappa shape index (κ2) is 4.28. The van der Waals surface area contributed by atoms with E-state index in [4.69, 9.17) is 0 Å². The lowest BCUT2D eigenvalue weighted by Gasteiger charge is -2.28. The van der Waals surface area contributed by atoms with Gasteiger partial charge in [0, 0.05) is 11.7 Å². The Labute approximate surface area is 100 Å². The molecule has 1 aromatic carbocycles. The highest BCUT2D eigenvalue weighted by atomic mass is 79.9. The van der Waals surface area contributed by atoms with Gasteiger partial charge < -0.3 is 5.32 Å². The van der Waals surface area contributed by atoms with Crippen molar-refractivity contribution in [2.45, 2.75) is 31.5 Å².